The van der Waals surface area contributed by atoms with Crippen LogP contribution < -0.4 is 5.11 Å². The molecule has 0 unspecified atom stereocenters. The normalized spacial score (nSPS) is 12.2. The number of nitro groups is 2. The Morgan fingerprint density at radius 3 is 2.46 bits per heavy atom. The molecule has 0 aliphatic carbocycles. The van der Waals surface area contributed by atoms with Crippen LogP contribution in [0.3, 0.4) is 0 Å². The molecule has 0 aromatic heterocycles. The third kappa shape index (κ3) is 3.94. The molecule has 2 rings (SSSR count). The number of aliphatic imine (C=N–C) groups is 1. The van der Waals surface area contributed by atoms with Gasteiger partial charge >= 0.3 is 0 Å². The van der Waals surface area contributed by atoms with Gasteiger partial charge in [0.05, 0.1) is 15.9 Å². The molecule has 136 valence electrons. The molecule has 0 bridgehead atoms. The van der Waals surface area contributed by atoms with E-state index in [1.54, 1.807) is 12.1 Å². The van der Waals surface area contributed by atoms with Gasteiger partial charge in [0.25, 0.3) is 11.4 Å². The Morgan fingerprint density at radius 1 is 1.19 bits per heavy atom. The van der Waals surface area contributed by atoms with Crippen molar-refractivity contribution < 1.29 is 20.1 Å². The van der Waals surface area contributed by atoms with Crippen LogP contribution in [0.2, 0.25) is 0 Å². The van der Waals surface area contributed by atoms with Gasteiger partial charge in [0.2, 0.25) is 0 Å². The highest BCUT2D eigenvalue weighted by Gasteiger charge is 2.18. The maximum absolute atomic E-state index is 12.1. The highest BCUT2D eigenvalue weighted by Crippen LogP contribution is 2.34. The molecule has 0 spiro atoms. The Balaban J connectivity index is 2.51. The summed E-state index contributed by atoms with van der Waals surface area (Å²) in [6.45, 7) is 4.01. The van der Waals surface area contributed by atoms with Crippen LogP contribution in [-0.4, -0.2) is 21.2 Å². The highest BCUT2D eigenvalue weighted by atomic mass is 16.6. The van der Waals surface area contributed by atoms with Gasteiger partial charge < -0.3 is 10.2 Å². The second-order valence-electron chi connectivity index (χ2n) is 5.71. The number of phenolic OH excluding ortho intramolecular Hbond substituents is 1. The van der Waals surface area contributed by atoms with Crippen LogP contribution in [-0.2, 0) is 0 Å². The van der Waals surface area contributed by atoms with Crippen molar-refractivity contribution in [3.8, 4) is 11.5 Å². The lowest BCUT2D eigenvalue weighted by Crippen LogP contribution is -2.03. The fraction of sp³-hybridized carbons (Fsp3) is 0.235. The molecule has 0 aliphatic rings. The Morgan fingerprint density at radius 2 is 1.88 bits per heavy atom. The monoisotopic (exact) mass is 358 g/mol. The van der Waals surface area contributed by atoms with Gasteiger partial charge in [-0.3, -0.25) is 25.2 Å². The van der Waals surface area contributed by atoms with Crippen molar-refractivity contribution in [3.63, 3.8) is 0 Å². The van der Waals surface area contributed by atoms with Gasteiger partial charge in [0.15, 0.2) is 0 Å². The number of benzene rings is 2. The first kappa shape index (κ1) is 18.8. The number of nitrogens with zero attached hydrogens (tertiary/aromatic N) is 3. The Kier molecular flexibility index (Phi) is 5.51. The average Bonchev–Trinajstić information content (AvgIpc) is 2.60. The molecule has 0 radical (unpaired) electrons. The van der Waals surface area contributed by atoms with Crippen LogP contribution in [0.1, 0.15) is 37.3 Å². The lowest BCUT2D eigenvalue weighted by molar-refractivity contribution is -0.403. The predicted molar refractivity (Wildman–Crippen MR) is 93.3 cm³/mol. The quantitative estimate of drug-likeness (QED) is 0.475. The van der Waals surface area contributed by atoms with Crippen molar-refractivity contribution in [2.45, 2.75) is 26.2 Å². The summed E-state index contributed by atoms with van der Waals surface area (Å²) in [5.41, 5.74) is -0.714. The Labute approximate surface area is 148 Å². The summed E-state index contributed by atoms with van der Waals surface area (Å²) in [4.78, 5) is 24.0. The van der Waals surface area contributed by atoms with E-state index < -0.39 is 27.0 Å². The summed E-state index contributed by atoms with van der Waals surface area (Å²) in [6.07, 6.45) is 1.85. The maximum atomic E-state index is 12.1. The summed E-state index contributed by atoms with van der Waals surface area (Å²) < 4.78 is 0. The molecular formula is C17H16N3O6-. The lowest BCUT2D eigenvalue weighted by atomic mass is 9.98. The minimum atomic E-state index is -0.984. The summed E-state index contributed by atoms with van der Waals surface area (Å²) >= 11 is 0. The summed E-state index contributed by atoms with van der Waals surface area (Å²) in [5, 5.41) is 43.9. The molecule has 0 saturated carbocycles. The number of non-ortho nitro benzene ring substituents is 1. The van der Waals surface area contributed by atoms with E-state index in [0.29, 0.717) is 6.07 Å². The SMILES string of the molecule is CC[C@@H](C)c1ccc(O)c(N=Cc2cc([N+](=O)[O-])cc([N+](=O)[O-])c2[O-])c1. The first-order chi connectivity index (χ1) is 12.2. The summed E-state index contributed by atoms with van der Waals surface area (Å²) in [7, 11) is 0. The molecule has 0 fully saturated rings. The largest absolute Gasteiger partial charge is 0.867 e. The van der Waals surface area contributed by atoms with Gasteiger partial charge in [-0.05, 0) is 41.3 Å². The van der Waals surface area contributed by atoms with Crippen LogP contribution in [0.15, 0.2) is 35.3 Å². The fourth-order valence-electron chi connectivity index (χ4n) is 2.28. The number of nitro benzene ring substituents is 2. The van der Waals surface area contributed by atoms with Gasteiger partial charge in [-0.1, -0.05) is 19.9 Å². The van der Waals surface area contributed by atoms with E-state index in [4.69, 9.17) is 0 Å². The van der Waals surface area contributed by atoms with Crippen molar-refractivity contribution >= 4 is 23.3 Å². The zero-order valence-electron chi connectivity index (χ0n) is 14.1. The second kappa shape index (κ2) is 7.60. The van der Waals surface area contributed by atoms with Crippen LogP contribution in [0.5, 0.6) is 11.5 Å². The van der Waals surface area contributed by atoms with Crippen molar-refractivity contribution in [1.29, 1.82) is 0 Å². The molecule has 2 aromatic rings. The third-order valence-electron chi connectivity index (χ3n) is 4.01. The molecule has 2 aromatic carbocycles. The third-order valence-corrected chi connectivity index (χ3v) is 4.01. The zero-order valence-corrected chi connectivity index (χ0v) is 14.1. The second-order valence-corrected chi connectivity index (χ2v) is 5.71. The molecule has 0 saturated heterocycles. The number of rotatable bonds is 6. The van der Waals surface area contributed by atoms with Gasteiger partial charge in [-0.25, -0.2) is 0 Å². The molecule has 0 heterocycles. The molecule has 0 aliphatic heterocycles. The van der Waals surface area contributed by atoms with Crippen molar-refractivity contribution in [2.75, 3.05) is 0 Å². The first-order valence-electron chi connectivity index (χ1n) is 7.75. The lowest BCUT2D eigenvalue weighted by Gasteiger charge is -2.11. The first-order valence-corrected chi connectivity index (χ1v) is 7.75. The van der Waals surface area contributed by atoms with E-state index in [0.717, 1.165) is 24.3 Å². The van der Waals surface area contributed by atoms with E-state index in [1.807, 2.05) is 13.8 Å². The topological polar surface area (TPSA) is 142 Å². The summed E-state index contributed by atoms with van der Waals surface area (Å²) in [6, 6.07) is 6.37. The number of hydrogen-bond acceptors (Lipinski definition) is 7. The molecule has 0 amide bonds. The molecule has 1 atom stereocenters. The zero-order chi connectivity index (χ0) is 19.4. The van der Waals surface area contributed by atoms with Gasteiger partial charge in [-0.15, -0.1) is 0 Å². The molecular weight excluding hydrogens is 342 g/mol. The smallest absolute Gasteiger partial charge is 0.276 e. The van der Waals surface area contributed by atoms with Crippen molar-refractivity contribution in [3.05, 3.63) is 61.7 Å². The Bertz CT molecular complexity index is 894. The molecule has 9 nitrogen and oxygen atoms in total. The molecule has 26 heavy (non-hydrogen) atoms. The van der Waals surface area contributed by atoms with Gasteiger partial charge in [-0.2, -0.15) is 0 Å². The minimum absolute atomic E-state index is 0.138. The molecule has 9 heteroatoms. The summed E-state index contributed by atoms with van der Waals surface area (Å²) in [5.74, 6) is -0.902. The van der Waals surface area contributed by atoms with Crippen molar-refractivity contribution in [2.24, 2.45) is 4.99 Å². The van der Waals surface area contributed by atoms with Gasteiger partial charge in [0.1, 0.15) is 11.4 Å². The van der Waals surface area contributed by atoms with Gasteiger partial charge in [0, 0.05) is 12.3 Å². The maximum Gasteiger partial charge on any atom is 0.276 e. The predicted octanol–water partition coefficient (Wildman–Crippen LogP) is 3.55. The van der Waals surface area contributed by atoms with Crippen LogP contribution in [0.25, 0.3) is 0 Å². The number of aromatic hydroxyl groups is 1. The fourth-order valence-corrected chi connectivity index (χ4v) is 2.28. The van der Waals surface area contributed by atoms with Crippen molar-refractivity contribution in [1.82, 2.24) is 0 Å². The van der Waals surface area contributed by atoms with E-state index in [9.17, 15) is 30.4 Å². The Hall–Kier alpha value is -3.49. The van der Waals surface area contributed by atoms with E-state index in [2.05, 4.69) is 4.99 Å². The highest BCUT2D eigenvalue weighted by molar-refractivity contribution is 5.89. The van der Waals surface area contributed by atoms with Crippen LogP contribution in [0, 0.1) is 20.2 Å². The van der Waals surface area contributed by atoms with E-state index in [1.165, 1.54) is 6.07 Å². The van der Waals surface area contributed by atoms with Crippen LogP contribution in [0.4, 0.5) is 17.1 Å². The van der Waals surface area contributed by atoms with E-state index in [-0.39, 0.29) is 22.9 Å². The van der Waals surface area contributed by atoms with Crippen LogP contribution >= 0.6 is 0 Å². The van der Waals surface area contributed by atoms with E-state index >= 15 is 0 Å². The minimum Gasteiger partial charge on any atom is -0.867 e. The number of phenols is 1. The average molecular weight is 358 g/mol. The molecule has 1 N–H and O–H groups in total. The standard InChI is InChI=1S/C17H17N3O6/c1-3-10(2)11-4-5-16(21)14(7-11)18-9-12-6-13(19(23)24)8-15(17(12)22)20(25)26/h4-10,21-22H,3H2,1-2H3/p-1/t10-/m1/s1. The number of hydrogen-bond donors (Lipinski definition) is 1.